The minimum absolute atomic E-state index is 0.0144. The number of carbonyl (C=O) groups is 2. The fraction of sp³-hybridized carbons (Fsp3) is 0.435. The van der Waals surface area contributed by atoms with E-state index in [2.05, 4.69) is 34.1 Å². The fourth-order valence-electron chi connectivity index (χ4n) is 4.07. The van der Waals surface area contributed by atoms with Crippen LogP contribution in [0.1, 0.15) is 45.7 Å². The molecular formula is C23H28N4O2. The van der Waals surface area contributed by atoms with Gasteiger partial charge in [0.25, 0.3) is 11.8 Å². The summed E-state index contributed by atoms with van der Waals surface area (Å²) < 4.78 is 0. The Labute approximate surface area is 172 Å². The van der Waals surface area contributed by atoms with Crippen LogP contribution in [0.4, 0.5) is 0 Å². The van der Waals surface area contributed by atoms with Crippen LogP contribution in [0.3, 0.4) is 0 Å². The first-order valence-electron chi connectivity index (χ1n) is 10.5. The monoisotopic (exact) mass is 392 g/mol. The molecule has 2 fully saturated rings. The summed E-state index contributed by atoms with van der Waals surface area (Å²) in [7, 11) is 0. The molecule has 0 aliphatic carbocycles. The normalized spacial score (nSPS) is 17.9. The average molecular weight is 393 g/mol. The molecule has 2 aromatic rings. The van der Waals surface area contributed by atoms with Crippen LogP contribution in [0.5, 0.6) is 0 Å². The Morgan fingerprint density at radius 3 is 2.21 bits per heavy atom. The number of aromatic nitrogens is 1. The van der Waals surface area contributed by atoms with E-state index in [9.17, 15) is 9.59 Å². The van der Waals surface area contributed by atoms with Crippen LogP contribution < -0.4 is 0 Å². The van der Waals surface area contributed by atoms with Crippen molar-refractivity contribution in [3.8, 4) is 0 Å². The summed E-state index contributed by atoms with van der Waals surface area (Å²) in [5, 5.41) is 0. The van der Waals surface area contributed by atoms with Crippen LogP contribution in [0.15, 0.2) is 48.7 Å². The first-order chi connectivity index (χ1) is 14.2. The largest absolute Gasteiger partial charge is 0.337 e. The van der Waals surface area contributed by atoms with Crippen LogP contribution in [0, 0.1) is 0 Å². The third-order valence-electron chi connectivity index (χ3n) is 5.78. The minimum Gasteiger partial charge on any atom is -0.337 e. The third-order valence-corrected chi connectivity index (χ3v) is 5.78. The first-order valence-corrected chi connectivity index (χ1v) is 10.5. The van der Waals surface area contributed by atoms with Gasteiger partial charge in [0.15, 0.2) is 0 Å². The summed E-state index contributed by atoms with van der Waals surface area (Å²) in [5.74, 6) is -0.0773. The van der Waals surface area contributed by atoms with E-state index in [-0.39, 0.29) is 11.8 Å². The van der Waals surface area contributed by atoms with E-state index >= 15 is 0 Å². The molecule has 6 nitrogen and oxygen atoms in total. The van der Waals surface area contributed by atoms with Crippen LogP contribution in [0.2, 0.25) is 0 Å². The summed E-state index contributed by atoms with van der Waals surface area (Å²) in [6, 6.07) is 13.8. The molecule has 1 aromatic heterocycles. The third kappa shape index (κ3) is 4.82. The van der Waals surface area contributed by atoms with Crippen molar-refractivity contribution in [2.24, 2.45) is 0 Å². The number of likely N-dealkylation sites (tertiary alicyclic amines) is 1. The lowest BCUT2D eigenvalue weighted by Crippen LogP contribution is -2.48. The average Bonchev–Trinajstić information content (AvgIpc) is 2.80. The number of piperidine rings is 1. The fourth-order valence-corrected chi connectivity index (χ4v) is 4.07. The molecule has 0 radical (unpaired) electrons. The van der Waals surface area contributed by atoms with Gasteiger partial charge < -0.3 is 9.80 Å². The van der Waals surface area contributed by atoms with E-state index in [0.29, 0.717) is 24.3 Å². The van der Waals surface area contributed by atoms with Gasteiger partial charge in [-0.2, -0.15) is 0 Å². The molecule has 0 N–H and O–H groups in total. The standard InChI is InChI=1S/C23H28N4O2/c28-22(27-15-13-25(14-16-27)18-19-7-3-1-4-8-19)20-9-10-24-21(17-20)23(29)26-11-5-2-6-12-26/h1,3-4,7-10,17H,2,5-6,11-16,18H2. The van der Waals surface area contributed by atoms with Crippen molar-refractivity contribution in [2.75, 3.05) is 39.3 Å². The number of amides is 2. The van der Waals surface area contributed by atoms with Gasteiger partial charge >= 0.3 is 0 Å². The number of piperazine rings is 1. The van der Waals surface area contributed by atoms with E-state index in [0.717, 1.165) is 45.6 Å². The summed E-state index contributed by atoms with van der Waals surface area (Å²) >= 11 is 0. The quantitative estimate of drug-likeness (QED) is 0.803. The van der Waals surface area contributed by atoms with Gasteiger partial charge in [-0.3, -0.25) is 19.5 Å². The van der Waals surface area contributed by atoms with Crippen molar-refractivity contribution in [3.63, 3.8) is 0 Å². The highest BCUT2D eigenvalue weighted by molar-refractivity contribution is 5.98. The van der Waals surface area contributed by atoms with Crippen LogP contribution in [0.25, 0.3) is 0 Å². The molecule has 0 unspecified atom stereocenters. The summed E-state index contributed by atoms with van der Waals surface area (Å²) in [6.07, 6.45) is 4.83. The molecule has 152 valence electrons. The SMILES string of the molecule is O=C(c1ccnc(C(=O)N2CCCCC2)c1)N1CCN(Cc2ccccc2)CC1. The van der Waals surface area contributed by atoms with Crippen molar-refractivity contribution in [1.29, 1.82) is 0 Å². The zero-order valence-corrected chi connectivity index (χ0v) is 16.8. The Morgan fingerprint density at radius 1 is 0.793 bits per heavy atom. The van der Waals surface area contributed by atoms with Crippen molar-refractivity contribution in [3.05, 3.63) is 65.5 Å². The first kappa shape index (κ1) is 19.6. The highest BCUT2D eigenvalue weighted by atomic mass is 16.2. The number of nitrogens with zero attached hydrogens (tertiary/aromatic N) is 4. The second-order valence-electron chi connectivity index (χ2n) is 7.84. The van der Waals surface area contributed by atoms with Crippen LogP contribution >= 0.6 is 0 Å². The summed E-state index contributed by atoms with van der Waals surface area (Å²) in [5.41, 5.74) is 2.22. The van der Waals surface area contributed by atoms with Gasteiger partial charge in [0, 0.05) is 57.6 Å². The van der Waals surface area contributed by atoms with Crippen LogP contribution in [-0.4, -0.2) is 70.8 Å². The maximum Gasteiger partial charge on any atom is 0.272 e. The molecule has 6 heteroatoms. The molecule has 2 amide bonds. The Morgan fingerprint density at radius 2 is 1.48 bits per heavy atom. The van der Waals surface area contributed by atoms with Gasteiger partial charge in [-0.1, -0.05) is 30.3 Å². The summed E-state index contributed by atoms with van der Waals surface area (Å²) in [6.45, 7) is 5.57. The number of benzene rings is 1. The molecule has 1 aromatic carbocycles. The number of hydrogen-bond acceptors (Lipinski definition) is 4. The predicted molar refractivity (Wildman–Crippen MR) is 112 cm³/mol. The number of carbonyl (C=O) groups excluding carboxylic acids is 2. The molecule has 2 aliphatic heterocycles. The maximum atomic E-state index is 13.0. The van der Waals surface area contributed by atoms with E-state index in [1.54, 1.807) is 18.3 Å². The second-order valence-corrected chi connectivity index (χ2v) is 7.84. The molecule has 0 atom stereocenters. The van der Waals surface area contributed by atoms with Crippen molar-refractivity contribution >= 4 is 11.8 Å². The topological polar surface area (TPSA) is 56.8 Å². The van der Waals surface area contributed by atoms with Crippen molar-refractivity contribution in [1.82, 2.24) is 19.7 Å². The molecule has 3 heterocycles. The highest BCUT2D eigenvalue weighted by Gasteiger charge is 2.24. The van der Waals surface area contributed by atoms with Crippen LogP contribution in [-0.2, 0) is 6.54 Å². The molecule has 0 spiro atoms. The van der Waals surface area contributed by atoms with Gasteiger partial charge in [0.1, 0.15) is 5.69 Å². The van der Waals surface area contributed by atoms with Gasteiger partial charge in [-0.15, -0.1) is 0 Å². The molecule has 29 heavy (non-hydrogen) atoms. The van der Waals surface area contributed by atoms with Gasteiger partial charge in [-0.05, 0) is 37.0 Å². The van der Waals surface area contributed by atoms with E-state index in [4.69, 9.17) is 0 Å². The molecule has 2 saturated heterocycles. The molecular weight excluding hydrogens is 364 g/mol. The zero-order chi connectivity index (χ0) is 20.1. The van der Waals surface area contributed by atoms with E-state index < -0.39 is 0 Å². The lowest BCUT2D eigenvalue weighted by molar-refractivity contribution is 0.0628. The lowest BCUT2D eigenvalue weighted by atomic mass is 10.1. The van der Waals surface area contributed by atoms with Gasteiger partial charge in [0.05, 0.1) is 0 Å². The second kappa shape index (κ2) is 9.18. The van der Waals surface area contributed by atoms with Crippen molar-refractivity contribution in [2.45, 2.75) is 25.8 Å². The molecule has 0 bridgehead atoms. The minimum atomic E-state index is -0.0629. The summed E-state index contributed by atoms with van der Waals surface area (Å²) in [4.78, 5) is 36.0. The smallest absolute Gasteiger partial charge is 0.272 e. The zero-order valence-electron chi connectivity index (χ0n) is 16.8. The Balaban J connectivity index is 1.35. The highest BCUT2D eigenvalue weighted by Crippen LogP contribution is 2.15. The lowest BCUT2D eigenvalue weighted by Gasteiger charge is -2.34. The molecule has 4 rings (SSSR count). The number of hydrogen-bond donors (Lipinski definition) is 0. The molecule has 2 aliphatic rings. The van der Waals surface area contributed by atoms with Gasteiger partial charge in [-0.25, -0.2) is 0 Å². The van der Waals surface area contributed by atoms with Gasteiger partial charge in [0.2, 0.25) is 0 Å². The number of pyridine rings is 1. The predicted octanol–water partition coefficient (Wildman–Crippen LogP) is 2.67. The maximum absolute atomic E-state index is 13.0. The molecule has 0 saturated carbocycles. The Hall–Kier alpha value is -2.73. The Kier molecular flexibility index (Phi) is 6.20. The Bertz CT molecular complexity index is 841. The van der Waals surface area contributed by atoms with E-state index in [1.165, 1.54) is 12.0 Å². The van der Waals surface area contributed by atoms with E-state index in [1.807, 2.05) is 15.9 Å². The van der Waals surface area contributed by atoms with Crippen molar-refractivity contribution < 1.29 is 9.59 Å². The number of rotatable bonds is 4.